The number of halogens is 1. The number of ether oxygens (including phenoxy) is 1. The Hall–Kier alpha value is -0.540. The van der Waals surface area contributed by atoms with E-state index in [1.807, 2.05) is 24.3 Å². The predicted octanol–water partition coefficient (Wildman–Crippen LogP) is 4.77. The first-order valence-corrected chi connectivity index (χ1v) is 8.61. The van der Waals surface area contributed by atoms with E-state index >= 15 is 0 Å². The molecule has 112 valence electrons. The Morgan fingerprint density at radius 2 is 1.95 bits per heavy atom. The van der Waals surface area contributed by atoms with E-state index in [9.17, 15) is 0 Å². The molecule has 1 fully saturated rings. The maximum Gasteiger partial charge on any atom is 0.133 e. The topological polar surface area (TPSA) is 21.3 Å². The Morgan fingerprint density at radius 3 is 2.55 bits per heavy atom. The number of benzene rings is 1. The van der Waals surface area contributed by atoms with Crippen LogP contribution in [0.2, 0.25) is 0 Å². The molecule has 0 saturated heterocycles. The quantitative estimate of drug-likeness (QED) is 0.772. The van der Waals surface area contributed by atoms with E-state index in [2.05, 4.69) is 42.0 Å². The molecule has 0 aromatic heterocycles. The molecule has 0 amide bonds. The summed E-state index contributed by atoms with van der Waals surface area (Å²) in [6.07, 6.45) is 4.96. The van der Waals surface area contributed by atoms with Crippen molar-refractivity contribution in [2.45, 2.75) is 58.6 Å². The lowest BCUT2D eigenvalue weighted by atomic mass is 9.58. The zero-order chi connectivity index (χ0) is 14.6. The van der Waals surface area contributed by atoms with Crippen LogP contribution in [0.4, 0.5) is 0 Å². The molecule has 0 heterocycles. The van der Waals surface area contributed by atoms with Crippen molar-refractivity contribution in [3.8, 4) is 5.75 Å². The van der Waals surface area contributed by atoms with Crippen LogP contribution in [-0.2, 0) is 0 Å². The highest BCUT2D eigenvalue weighted by atomic mass is 79.9. The summed E-state index contributed by atoms with van der Waals surface area (Å²) in [4.78, 5) is 0. The van der Waals surface area contributed by atoms with Gasteiger partial charge in [-0.2, -0.15) is 0 Å². The van der Waals surface area contributed by atoms with Crippen LogP contribution in [0.1, 0.15) is 46.5 Å². The number of rotatable bonds is 7. The van der Waals surface area contributed by atoms with Gasteiger partial charge in [0.25, 0.3) is 0 Å². The second kappa shape index (κ2) is 6.95. The minimum Gasteiger partial charge on any atom is -0.489 e. The molecule has 1 aliphatic carbocycles. The Labute approximate surface area is 131 Å². The Kier molecular flexibility index (Phi) is 5.50. The van der Waals surface area contributed by atoms with E-state index in [0.29, 0.717) is 12.1 Å². The molecule has 0 spiro atoms. The molecule has 0 bridgehead atoms. The summed E-state index contributed by atoms with van der Waals surface area (Å²) >= 11 is 3.58. The third kappa shape index (κ3) is 2.89. The summed E-state index contributed by atoms with van der Waals surface area (Å²) in [6, 6.07) is 8.75. The van der Waals surface area contributed by atoms with Crippen LogP contribution in [0, 0.1) is 5.41 Å². The average Bonchev–Trinajstić information content (AvgIpc) is 2.45. The van der Waals surface area contributed by atoms with E-state index in [1.165, 1.54) is 19.3 Å². The van der Waals surface area contributed by atoms with E-state index in [1.54, 1.807) is 0 Å². The third-order valence-corrected chi connectivity index (χ3v) is 5.50. The van der Waals surface area contributed by atoms with Crippen molar-refractivity contribution in [3.63, 3.8) is 0 Å². The third-order valence-electron chi connectivity index (χ3n) is 4.85. The van der Waals surface area contributed by atoms with Crippen molar-refractivity contribution in [2.24, 2.45) is 5.41 Å². The van der Waals surface area contributed by atoms with Crippen molar-refractivity contribution in [3.05, 3.63) is 28.7 Å². The summed E-state index contributed by atoms with van der Waals surface area (Å²) in [6.45, 7) is 7.91. The second-order valence-electron chi connectivity index (χ2n) is 5.72. The van der Waals surface area contributed by atoms with Crippen molar-refractivity contribution >= 4 is 15.9 Å². The molecule has 1 aliphatic rings. The average molecular weight is 340 g/mol. The van der Waals surface area contributed by atoms with E-state index in [-0.39, 0.29) is 5.41 Å². The zero-order valence-corrected chi connectivity index (χ0v) is 14.4. The van der Waals surface area contributed by atoms with Gasteiger partial charge in [-0.25, -0.2) is 0 Å². The molecule has 1 N–H and O–H groups in total. The lowest BCUT2D eigenvalue weighted by molar-refractivity contribution is -0.0861. The standard InChI is InChI=1S/C17H26BrNO/c1-4-11-19-15-12-16(17(15,5-2)6-3)20-14-10-8-7-9-13(14)18/h7-10,15-16,19H,4-6,11-12H2,1-3H3. The molecule has 2 rings (SSSR count). The fraction of sp³-hybridized carbons (Fsp3) is 0.647. The van der Waals surface area contributed by atoms with Gasteiger partial charge in [0.05, 0.1) is 4.47 Å². The highest BCUT2D eigenvalue weighted by Crippen LogP contribution is 2.49. The Balaban J connectivity index is 2.07. The molecule has 1 aromatic rings. The Morgan fingerprint density at radius 1 is 1.25 bits per heavy atom. The highest BCUT2D eigenvalue weighted by Gasteiger charge is 2.54. The van der Waals surface area contributed by atoms with E-state index < -0.39 is 0 Å². The zero-order valence-electron chi connectivity index (χ0n) is 12.8. The lowest BCUT2D eigenvalue weighted by Crippen LogP contribution is -2.64. The number of nitrogens with one attached hydrogen (secondary N) is 1. The smallest absolute Gasteiger partial charge is 0.133 e. The van der Waals surface area contributed by atoms with Gasteiger partial charge in [0.15, 0.2) is 0 Å². The van der Waals surface area contributed by atoms with Gasteiger partial charge in [-0.05, 0) is 53.9 Å². The monoisotopic (exact) mass is 339 g/mol. The molecule has 2 unspecified atom stereocenters. The Bertz CT molecular complexity index is 431. The van der Waals surface area contributed by atoms with Gasteiger partial charge in [-0.1, -0.05) is 32.9 Å². The minimum absolute atomic E-state index is 0.282. The van der Waals surface area contributed by atoms with Gasteiger partial charge >= 0.3 is 0 Å². The minimum atomic E-state index is 0.282. The van der Waals surface area contributed by atoms with E-state index in [0.717, 1.165) is 23.2 Å². The lowest BCUT2D eigenvalue weighted by Gasteiger charge is -2.55. The number of hydrogen-bond donors (Lipinski definition) is 1. The fourth-order valence-corrected chi connectivity index (χ4v) is 3.79. The first-order chi connectivity index (χ1) is 9.67. The molecule has 3 heteroatoms. The van der Waals surface area contributed by atoms with Crippen molar-refractivity contribution in [1.29, 1.82) is 0 Å². The van der Waals surface area contributed by atoms with Crippen molar-refractivity contribution in [2.75, 3.05) is 6.54 Å². The van der Waals surface area contributed by atoms with Gasteiger partial charge in [0.1, 0.15) is 11.9 Å². The first-order valence-electron chi connectivity index (χ1n) is 7.82. The second-order valence-corrected chi connectivity index (χ2v) is 6.57. The molecule has 1 aromatic carbocycles. The molecule has 0 radical (unpaired) electrons. The van der Waals surface area contributed by atoms with Crippen molar-refractivity contribution < 1.29 is 4.74 Å². The van der Waals surface area contributed by atoms with Crippen LogP contribution in [0.3, 0.4) is 0 Å². The maximum absolute atomic E-state index is 6.30. The van der Waals surface area contributed by atoms with Crippen LogP contribution in [0.25, 0.3) is 0 Å². The van der Waals surface area contributed by atoms with Gasteiger partial charge in [0, 0.05) is 17.9 Å². The van der Waals surface area contributed by atoms with Gasteiger partial charge < -0.3 is 10.1 Å². The first kappa shape index (κ1) is 15.8. The summed E-state index contributed by atoms with van der Waals surface area (Å²) in [5, 5.41) is 3.70. The maximum atomic E-state index is 6.30. The molecular formula is C17H26BrNO. The van der Waals surface area contributed by atoms with Crippen LogP contribution in [-0.4, -0.2) is 18.7 Å². The van der Waals surface area contributed by atoms with Crippen LogP contribution in [0.15, 0.2) is 28.7 Å². The molecule has 2 nitrogen and oxygen atoms in total. The molecule has 2 atom stereocenters. The molecule has 0 aliphatic heterocycles. The molecular weight excluding hydrogens is 314 g/mol. The summed E-state index contributed by atoms with van der Waals surface area (Å²) in [5.41, 5.74) is 0.282. The van der Waals surface area contributed by atoms with Crippen LogP contribution in [0.5, 0.6) is 5.75 Å². The molecule has 20 heavy (non-hydrogen) atoms. The molecule has 1 saturated carbocycles. The largest absolute Gasteiger partial charge is 0.489 e. The van der Waals surface area contributed by atoms with Crippen LogP contribution >= 0.6 is 15.9 Å². The van der Waals surface area contributed by atoms with Gasteiger partial charge in [-0.15, -0.1) is 0 Å². The number of para-hydroxylation sites is 1. The van der Waals surface area contributed by atoms with Gasteiger partial charge in [-0.3, -0.25) is 0 Å². The van der Waals surface area contributed by atoms with Crippen LogP contribution < -0.4 is 10.1 Å². The van der Waals surface area contributed by atoms with Crippen molar-refractivity contribution in [1.82, 2.24) is 5.32 Å². The highest BCUT2D eigenvalue weighted by molar-refractivity contribution is 9.10. The summed E-state index contributed by atoms with van der Waals surface area (Å²) < 4.78 is 7.35. The predicted molar refractivity (Wildman–Crippen MR) is 88.3 cm³/mol. The number of hydrogen-bond acceptors (Lipinski definition) is 2. The van der Waals surface area contributed by atoms with E-state index in [4.69, 9.17) is 4.74 Å². The van der Waals surface area contributed by atoms with Gasteiger partial charge in [0.2, 0.25) is 0 Å². The fourth-order valence-electron chi connectivity index (χ4n) is 3.41. The normalized spacial score (nSPS) is 24.2. The SMILES string of the molecule is CCCNC1CC(Oc2ccccc2Br)C1(CC)CC. The summed E-state index contributed by atoms with van der Waals surface area (Å²) in [7, 11) is 0. The summed E-state index contributed by atoms with van der Waals surface area (Å²) in [5.74, 6) is 0.970.